The first-order valence-corrected chi connectivity index (χ1v) is 8.31. The van der Waals surface area contributed by atoms with Gasteiger partial charge in [0, 0.05) is 37.2 Å². The molecule has 0 unspecified atom stereocenters. The van der Waals surface area contributed by atoms with E-state index in [4.69, 9.17) is 0 Å². The maximum Gasteiger partial charge on any atom is 0.280 e. The fourth-order valence-corrected chi connectivity index (χ4v) is 2.61. The molecule has 1 aromatic heterocycles. The molecule has 0 radical (unpaired) electrons. The molecule has 0 bridgehead atoms. The van der Waals surface area contributed by atoms with Crippen LogP contribution >= 0.6 is 0 Å². The molecule has 0 fully saturated rings. The molecular weight excluding hydrogens is 347 g/mol. The largest absolute Gasteiger partial charge is 0.378 e. The van der Waals surface area contributed by atoms with Crippen LogP contribution in [0.3, 0.4) is 0 Å². The van der Waals surface area contributed by atoms with Crippen molar-refractivity contribution in [3.8, 4) is 5.69 Å². The summed E-state index contributed by atoms with van der Waals surface area (Å²) in [6, 6.07) is 14.5. The molecular formula is C20H19FN4O2. The summed E-state index contributed by atoms with van der Waals surface area (Å²) < 4.78 is 15.3. The molecule has 0 spiro atoms. The molecule has 2 aromatic carbocycles. The van der Waals surface area contributed by atoms with Crippen LogP contribution in [0.15, 0.2) is 59.4 Å². The second-order valence-corrected chi connectivity index (χ2v) is 6.26. The molecule has 3 rings (SSSR count). The average Bonchev–Trinajstić information content (AvgIpc) is 2.63. The predicted octanol–water partition coefficient (Wildman–Crippen LogP) is 3.00. The minimum absolute atomic E-state index is 0.166. The second-order valence-electron chi connectivity index (χ2n) is 6.26. The topological polar surface area (TPSA) is 67.2 Å². The van der Waals surface area contributed by atoms with Gasteiger partial charge in [-0.1, -0.05) is 12.1 Å². The van der Waals surface area contributed by atoms with Crippen LogP contribution in [0.4, 0.5) is 15.8 Å². The lowest BCUT2D eigenvalue weighted by atomic mass is 10.2. The number of nitrogens with zero attached hydrogens (tertiary/aromatic N) is 3. The molecule has 7 heteroatoms. The van der Waals surface area contributed by atoms with E-state index in [9.17, 15) is 14.0 Å². The fraction of sp³-hybridized carbons (Fsp3) is 0.150. The molecule has 0 aliphatic carbocycles. The van der Waals surface area contributed by atoms with Gasteiger partial charge < -0.3 is 10.2 Å². The summed E-state index contributed by atoms with van der Waals surface area (Å²) in [5.74, 6) is -1.15. The van der Waals surface area contributed by atoms with Gasteiger partial charge in [-0.05, 0) is 43.3 Å². The van der Waals surface area contributed by atoms with Crippen LogP contribution in [0, 0.1) is 12.7 Å². The molecule has 1 N–H and O–H groups in total. The van der Waals surface area contributed by atoms with Crippen molar-refractivity contribution in [3.63, 3.8) is 0 Å². The SMILES string of the molecule is Cc1cc(=O)c(C(=O)Nc2ccc(N(C)C)cc2)nn1-c1ccccc1F. The number of carbonyl (C=O) groups excluding carboxylic acids is 1. The number of aromatic nitrogens is 2. The first kappa shape index (κ1) is 18.3. The van der Waals surface area contributed by atoms with Gasteiger partial charge in [-0.15, -0.1) is 0 Å². The number of para-hydroxylation sites is 1. The van der Waals surface area contributed by atoms with Gasteiger partial charge in [-0.2, -0.15) is 5.10 Å². The van der Waals surface area contributed by atoms with Gasteiger partial charge in [0.25, 0.3) is 5.91 Å². The number of aryl methyl sites for hydroxylation is 1. The number of anilines is 2. The van der Waals surface area contributed by atoms with E-state index in [0.29, 0.717) is 11.4 Å². The van der Waals surface area contributed by atoms with E-state index in [0.717, 1.165) is 5.69 Å². The number of nitrogens with one attached hydrogen (secondary N) is 1. The molecule has 3 aromatic rings. The minimum Gasteiger partial charge on any atom is -0.378 e. The van der Waals surface area contributed by atoms with E-state index < -0.39 is 17.2 Å². The standard InChI is InChI=1S/C20H19FN4O2/c1-13-12-18(26)19(23-25(13)17-7-5-4-6-16(17)21)20(27)22-14-8-10-15(11-9-14)24(2)3/h4-12H,1-3H3,(H,22,27). The Morgan fingerprint density at radius 3 is 2.41 bits per heavy atom. The number of carbonyl (C=O) groups is 1. The zero-order valence-corrected chi connectivity index (χ0v) is 15.2. The summed E-state index contributed by atoms with van der Waals surface area (Å²) >= 11 is 0. The van der Waals surface area contributed by atoms with Crippen LogP contribution < -0.4 is 15.6 Å². The number of hydrogen-bond donors (Lipinski definition) is 1. The van der Waals surface area contributed by atoms with Gasteiger partial charge in [0.15, 0.2) is 5.69 Å². The molecule has 27 heavy (non-hydrogen) atoms. The van der Waals surface area contributed by atoms with Crippen molar-refractivity contribution in [2.75, 3.05) is 24.3 Å². The monoisotopic (exact) mass is 366 g/mol. The third kappa shape index (κ3) is 3.87. The molecule has 0 atom stereocenters. The summed E-state index contributed by atoms with van der Waals surface area (Å²) in [6.07, 6.45) is 0. The van der Waals surface area contributed by atoms with Crippen molar-refractivity contribution in [3.05, 3.63) is 82.0 Å². The normalized spacial score (nSPS) is 10.5. The molecule has 1 amide bonds. The quantitative estimate of drug-likeness (QED) is 0.771. The number of amides is 1. The summed E-state index contributed by atoms with van der Waals surface area (Å²) in [5, 5.41) is 6.74. The number of hydrogen-bond acceptors (Lipinski definition) is 4. The zero-order chi connectivity index (χ0) is 19.6. The highest BCUT2D eigenvalue weighted by Gasteiger charge is 2.17. The molecule has 0 aliphatic rings. The first-order valence-electron chi connectivity index (χ1n) is 8.31. The smallest absolute Gasteiger partial charge is 0.280 e. The molecule has 6 nitrogen and oxygen atoms in total. The molecule has 1 heterocycles. The van der Waals surface area contributed by atoms with Crippen molar-refractivity contribution in [2.45, 2.75) is 6.92 Å². The second kappa shape index (κ2) is 7.41. The zero-order valence-electron chi connectivity index (χ0n) is 15.2. The van der Waals surface area contributed by atoms with Crippen molar-refractivity contribution in [1.82, 2.24) is 9.78 Å². The van der Waals surface area contributed by atoms with Crippen LogP contribution in [0.2, 0.25) is 0 Å². The Balaban J connectivity index is 1.94. The van der Waals surface area contributed by atoms with Crippen molar-refractivity contribution < 1.29 is 9.18 Å². The van der Waals surface area contributed by atoms with Crippen LogP contribution in [0.25, 0.3) is 5.69 Å². The van der Waals surface area contributed by atoms with E-state index in [1.54, 1.807) is 31.2 Å². The van der Waals surface area contributed by atoms with Gasteiger partial charge in [-0.25, -0.2) is 9.07 Å². The lowest BCUT2D eigenvalue weighted by molar-refractivity contribution is 0.101. The molecule has 0 saturated carbocycles. The highest BCUT2D eigenvalue weighted by molar-refractivity contribution is 6.02. The van der Waals surface area contributed by atoms with Gasteiger partial charge in [0.1, 0.15) is 11.5 Å². The van der Waals surface area contributed by atoms with Crippen LogP contribution in [-0.2, 0) is 0 Å². The predicted molar refractivity (Wildman–Crippen MR) is 103 cm³/mol. The number of benzene rings is 2. The first-order chi connectivity index (χ1) is 12.9. The third-order valence-corrected chi connectivity index (χ3v) is 4.04. The fourth-order valence-electron chi connectivity index (χ4n) is 2.61. The Morgan fingerprint density at radius 1 is 1.11 bits per heavy atom. The van der Waals surface area contributed by atoms with E-state index >= 15 is 0 Å². The average molecular weight is 366 g/mol. The Hall–Kier alpha value is -3.48. The Morgan fingerprint density at radius 2 is 1.78 bits per heavy atom. The number of halogens is 1. The van der Waals surface area contributed by atoms with Crippen LogP contribution in [0.1, 0.15) is 16.2 Å². The van der Waals surface area contributed by atoms with Crippen LogP contribution in [-0.4, -0.2) is 29.8 Å². The molecule has 0 saturated heterocycles. The summed E-state index contributed by atoms with van der Waals surface area (Å²) in [7, 11) is 3.82. The molecule has 0 aliphatic heterocycles. The van der Waals surface area contributed by atoms with Crippen molar-refractivity contribution >= 4 is 17.3 Å². The maximum absolute atomic E-state index is 14.1. The lowest BCUT2D eigenvalue weighted by Gasteiger charge is -2.14. The highest BCUT2D eigenvalue weighted by atomic mass is 19.1. The summed E-state index contributed by atoms with van der Waals surface area (Å²) in [6.45, 7) is 1.63. The highest BCUT2D eigenvalue weighted by Crippen LogP contribution is 2.17. The van der Waals surface area contributed by atoms with Gasteiger partial charge >= 0.3 is 0 Å². The van der Waals surface area contributed by atoms with Gasteiger partial charge in [0.2, 0.25) is 5.43 Å². The Labute approximate surface area is 155 Å². The Kier molecular flexibility index (Phi) is 5.03. The lowest BCUT2D eigenvalue weighted by Crippen LogP contribution is -2.27. The molecule has 138 valence electrons. The van der Waals surface area contributed by atoms with E-state index in [-0.39, 0.29) is 11.4 Å². The Bertz CT molecular complexity index is 1040. The summed E-state index contributed by atoms with van der Waals surface area (Å²) in [5.41, 5.74) is 1.27. The van der Waals surface area contributed by atoms with Gasteiger partial charge in [-0.3, -0.25) is 9.59 Å². The van der Waals surface area contributed by atoms with Crippen molar-refractivity contribution in [2.24, 2.45) is 0 Å². The van der Waals surface area contributed by atoms with Crippen LogP contribution in [0.5, 0.6) is 0 Å². The van der Waals surface area contributed by atoms with E-state index in [2.05, 4.69) is 10.4 Å². The number of rotatable bonds is 4. The maximum atomic E-state index is 14.1. The third-order valence-electron chi connectivity index (χ3n) is 4.04. The van der Waals surface area contributed by atoms with E-state index in [1.165, 1.54) is 22.9 Å². The minimum atomic E-state index is -0.650. The van der Waals surface area contributed by atoms with Gasteiger partial charge in [0.05, 0.1) is 0 Å². The summed E-state index contributed by atoms with van der Waals surface area (Å²) in [4.78, 5) is 26.7. The van der Waals surface area contributed by atoms with Crippen molar-refractivity contribution in [1.29, 1.82) is 0 Å². The van der Waals surface area contributed by atoms with E-state index in [1.807, 2.05) is 31.1 Å².